The van der Waals surface area contributed by atoms with Crippen molar-refractivity contribution in [1.29, 1.82) is 0 Å². The predicted molar refractivity (Wildman–Crippen MR) is 171 cm³/mol. The average Bonchev–Trinajstić information content (AvgIpc) is 2.93. The van der Waals surface area contributed by atoms with E-state index in [4.69, 9.17) is 4.74 Å². The van der Waals surface area contributed by atoms with Crippen molar-refractivity contribution in [3.8, 4) is 0 Å². The molecular formula is C35H59N3O4. The molecule has 1 aliphatic carbocycles. The van der Waals surface area contributed by atoms with E-state index in [1.54, 1.807) is 4.90 Å². The number of aryl methyl sites for hydroxylation is 2. The lowest BCUT2D eigenvalue weighted by Gasteiger charge is -2.37. The minimum Gasteiger partial charge on any atom is -0.444 e. The van der Waals surface area contributed by atoms with Crippen LogP contribution in [0.25, 0.3) is 0 Å². The molecule has 0 radical (unpaired) electrons. The molecule has 0 heterocycles. The number of nitrogens with one attached hydrogen (secondary N) is 2. The van der Waals surface area contributed by atoms with Crippen molar-refractivity contribution in [1.82, 2.24) is 15.5 Å². The van der Waals surface area contributed by atoms with Crippen molar-refractivity contribution >= 4 is 17.9 Å². The van der Waals surface area contributed by atoms with E-state index >= 15 is 0 Å². The summed E-state index contributed by atoms with van der Waals surface area (Å²) in [6.45, 7) is 16.1. The highest BCUT2D eigenvalue weighted by Crippen LogP contribution is 2.29. The average molecular weight is 586 g/mol. The first-order valence-corrected chi connectivity index (χ1v) is 16.5. The summed E-state index contributed by atoms with van der Waals surface area (Å²) in [5.41, 5.74) is 2.18. The van der Waals surface area contributed by atoms with Gasteiger partial charge in [0.25, 0.3) is 0 Å². The van der Waals surface area contributed by atoms with Crippen molar-refractivity contribution in [2.45, 2.75) is 156 Å². The molecule has 7 heteroatoms. The lowest BCUT2D eigenvalue weighted by Crippen LogP contribution is -2.56. The van der Waals surface area contributed by atoms with E-state index in [0.29, 0.717) is 13.0 Å². The molecule has 0 saturated heterocycles. The minimum absolute atomic E-state index is 0.120. The third kappa shape index (κ3) is 11.6. The molecule has 2 rings (SSSR count). The maximum Gasteiger partial charge on any atom is 0.408 e. The maximum absolute atomic E-state index is 14.6. The van der Waals surface area contributed by atoms with Crippen LogP contribution >= 0.6 is 0 Å². The van der Waals surface area contributed by atoms with Gasteiger partial charge in [-0.15, -0.1) is 0 Å². The quantitative estimate of drug-likeness (QED) is 0.205. The number of rotatable bonds is 15. The minimum atomic E-state index is -0.806. The predicted octanol–water partition coefficient (Wildman–Crippen LogP) is 7.92. The number of carbonyl (C=O) groups excluding carboxylic acids is 3. The lowest BCUT2D eigenvalue weighted by molar-refractivity contribution is -0.144. The molecule has 238 valence electrons. The molecule has 2 N–H and O–H groups in total. The third-order valence-corrected chi connectivity index (χ3v) is 8.43. The maximum atomic E-state index is 14.6. The van der Waals surface area contributed by atoms with Crippen molar-refractivity contribution in [3.05, 3.63) is 34.9 Å². The van der Waals surface area contributed by atoms with E-state index in [1.165, 1.54) is 25.7 Å². The topological polar surface area (TPSA) is 87.7 Å². The molecule has 1 fully saturated rings. The number of unbranched alkanes of at least 4 members (excludes halogenated alkanes) is 5. The van der Waals surface area contributed by atoms with E-state index in [1.807, 2.05) is 66.7 Å². The van der Waals surface area contributed by atoms with Gasteiger partial charge in [0.1, 0.15) is 17.7 Å². The van der Waals surface area contributed by atoms with Gasteiger partial charge < -0.3 is 20.3 Å². The Kier molecular flexibility index (Phi) is 14.9. The summed E-state index contributed by atoms with van der Waals surface area (Å²) < 4.78 is 5.56. The van der Waals surface area contributed by atoms with Gasteiger partial charge in [-0.3, -0.25) is 9.59 Å². The van der Waals surface area contributed by atoms with Crippen LogP contribution in [0.1, 0.15) is 141 Å². The Morgan fingerprint density at radius 2 is 1.62 bits per heavy atom. The van der Waals surface area contributed by atoms with Crippen molar-refractivity contribution in [2.24, 2.45) is 5.92 Å². The molecule has 1 aromatic rings. The third-order valence-electron chi connectivity index (χ3n) is 8.43. The number of benzene rings is 1. The van der Waals surface area contributed by atoms with Crippen LogP contribution in [0.15, 0.2) is 18.2 Å². The van der Waals surface area contributed by atoms with E-state index in [9.17, 15) is 14.4 Å². The molecule has 3 amide bonds. The fourth-order valence-electron chi connectivity index (χ4n) is 5.76. The molecular weight excluding hydrogens is 526 g/mol. The van der Waals surface area contributed by atoms with E-state index in [0.717, 1.165) is 61.6 Å². The Morgan fingerprint density at radius 1 is 0.976 bits per heavy atom. The number of ether oxygens (including phenoxy) is 1. The number of hydrogen-bond acceptors (Lipinski definition) is 4. The fourth-order valence-corrected chi connectivity index (χ4v) is 5.76. The summed E-state index contributed by atoms with van der Waals surface area (Å²) in [7, 11) is 0. The molecule has 1 saturated carbocycles. The number of carbonyl (C=O) groups is 3. The van der Waals surface area contributed by atoms with Crippen LogP contribution in [0.3, 0.4) is 0 Å². The number of amides is 3. The largest absolute Gasteiger partial charge is 0.444 e. The Balaban J connectivity index is 2.51. The highest BCUT2D eigenvalue weighted by Gasteiger charge is 2.39. The molecule has 3 atom stereocenters. The number of nitrogens with zero attached hydrogens (tertiary/aromatic N) is 1. The Morgan fingerprint density at radius 3 is 2.24 bits per heavy atom. The highest BCUT2D eigenvalue weighted by atomic mass is 16.6. The lowest BCUT2D eigenvalue weighted by atomic mass is 9.92. The van der Waals surface area contributed by atoms with E-state index < -0.39 is 23.8 Å². The summed E-state index contributed by atoms with van der Waals surface area (Å²) in [5, 5.41) is 6.22. The first kappa shape index (κ1) is 35.6. The second kappa shape index (κ2) is 17.5. The molecule has 7 nitrogen and oxygen atoms in total. The van der Waals surface area contributed by atoms with E-state index in [-0.39, 0.29) is 23.8 Å². The fraction of sp³-hybridized carbons (Fsp3) is 0.743. The molecule has 0 aromatic heterocycles. The molecule has 42 heavy (non-hydrogen) atoms. The van der Waals surface area contributed by atoms with Crippen LogP contribution in [-0.2, 0) is 14.3 Å². The molecule has 0 aliphatic heterocycles. The highest BCUT2D eigenvalue weighted by molar-refractivity contribution is 5.92. The second-order valence-corrected chi connectivity index (χ2v) is 13.4. The zero-order chi connectivity index (χ0) is 31.3. The Bertz CT molecular complexity index is 996. The second-order valence-electron chi connectivity index (χ2n) is 13.4. The van der Waals surface area contributed by atoms with Crippen LogP contribution in [0.2, 0.25) is 0 Å². The van der Waals surface area contributed by atoms with Crippen molar-refractivity contribution in [3.63, 3.8) is 0 Å². The molecule has 1 aliphatic rings. The summed E-state index contributed by atoms with van der Waals surface area (Å²) in [6, 6.07) is 4.66. The zero-order valence-electron chi connectivity index (χ0n) is 27.8. The van der Waals surface area contributed by atoms with Gasteiger partial charge in [0, 0.05) is 12.6 Å². The first-order chi connectivity index (χ1) is 19.9. The van der Waals surface area contributed by atoms with E-state index in [2.05, 4.69) is 17.6 Å². The Labute approximate surface area is 255 Å². The van der Waals surface area contributed by atoms with Gasteiger partial charge in [-0.1, -0.05) is 102 Å². The standard InChI is InChI=1S/C35H59N3O4/c1-9-11-12-13-14-18-23-38(33(40)30(26(4)10-2)37-34(41)42-35(6,7)8)31(29-24-25(3)21-22-27(29)5)32(39)36-28-19-16-15-17-20-28/h21-22,24,26,28,30-31H,9-20,23H2,1-8H3,(H,36,39)(H,37,41). The molecule has 1 aromatic carbocycles. The first-order valence-electron chi connectivity index (χ1n) is 16.5. The van der Waals surface area contributed by atoms with Gasteiger partial charge >= 0.3 is 6.09 Å². The smallest absolute Gasteiger partial charge is 0.408 e. The molecule has 0 spiro atoms. The van der Waals surface area contributed by atoms with Gasteiger partial charge in [0.2, 0.25) is 11.8 Å². The van der Waals surface area contributed by atoms with Crippen LogP contribution < -0.4 is 10.6 Å². The van der Waals surface area contributed by atoms with Gasteiger partial charge in [-0.25, -0.2) is 4.79 Å². The van der Waals surface area contributed by atoms with Crippen molar-refractivity contribution in [2.75, 3.05) is 6.54 Å². The number of hydrogen-bond donors (Lipinski definition) is 2. The van der Waals surface area contributed by atoms with Gasteiger partial charge in [0.05, 0.1) is 0 Å². The summed E-state index contributed by atoms with van der Waals surface area (Å²) >= 11 is 0. The van der Waals surface area contributed by atoms with Crippen LogP contribution in [-0.4, -0.2) is 47.0 Å². The summed E-state index contributed by atoms with van der Waals surface area (Å²) in [6.07, 6.45) is 11.8. The van der Waals surface area contributed by atoms with Crippen LogP contribution in [0.5, 0.6) is 0 Å². The molecule has 3 unspecified atom stereocenters. The van der Waals surface area contributed by atoms with Crippen LogP contribution in [0, 0.1) is 19.8 Å². The van der Waals surface area contributed by atoms with Gasteiger partial charge in [-0.05, 0) is 70.9 Å². The van der Waals surface area contributed by atoms with Gasteiger partial charge in [-0.2, -0.15) is 0 Å². The number of alkyl carbamates (subject to hydrolysis) is 1. The monoisotopic (exact) mass is 585 g/mol. The zero-order valence-corrected chi connectivity index (χ0v) is 27.8. The molecule has 0 bridgehead atoms. The normalized spacial score (nSPS) is 16.3. The summed E-state index contributed by atoms with van der Waals surface area (Å²) in [4.78, 5) is 43.5. The Hall–Kier alpha value is -2.57. The van der Waals surface area contributed by atoms with Crippen LogP contribution in [0.4, 0.5) is 4.79 Å². The summed E-state index contributed by atoms with van der Waals surface area (Å²) in [5.74, 6) is -0.499. The van der Waals surface area contributed by atoms with Crippen molar-refractivity contribution < 1.29 is 19.1 Å². The SMILES string of the molecule is CCCCCCCCN(C(=O)C(NC(=O)OC(C)(C)C)C(C)CC)C(C(=O)NC1CCCCC1)c1cc(C)ccc1C. The van der Waals surface area contributed by atoms with Gasteiger partial charge in [0.15, 0.2) is 0 Å².